The van der Waals surface area contributed by atoms with Crippen LogP contribution in [0.1, 0.15) is 18.1 Å². The molecule has 2 aliphatic rings. The van der Waals surface area contributed by atoms with E-state index in [9.17, 15) is 0 Å². The first kappa shape index (κ1) is 11.1. The Bertz CT molecular complexity index is 396. The van der Waals surface area contributed by atoms with E-state index in [0.717, 1.165) is 19.6 Å². The Kier molecular flexibility index (Phi) is 3.04. The molecule has 3 rings (SSSR count). The Morgan fingerprint density at radius 3 is 2.94 bits per heavy atom. The highest BCUT2D eigenvalue weighted by Crippen LogP contribution is 2.29. The van der Waals surface area contributed by atoms with E-state index in [1.165, 1.54) is 30.8 Å². The number of anilines is 1. The van der Waals surface area contributed by atoms with E-state index in [0.29, 0.717) is 6.04 Å². The quantitative estimate of drug-likeness (QED) is 0.806. The molecule has 0 aliphatic carbocycles. The number of fused-ring (bicyclic) bond motifs is 1. The summed E-state index contributed by atoms with van der Waals surface area (Å²) in [5.74, 6) is 0. The van der Waals surface area contributed by atoms with Gasteiger partial charge in [0.25, 0.3) is 0 Å². The molecule has 0 amide bonds. The van der Waals surface area contributed by atoms with Crippen molar-refractivity contribution in [2.45, 2.75) is 25.9 Å². The average Bonchev–Trinajstić information content (AvgIpc) is 2.72. The minimum absolute atomic E-state index is 0.592. The maximum atomic E-state index is 3.54. The number of rotatable bonds is 2. The highest BCUT2D eigenvalue weighted by Gasteiger charge is 2.20. The first-order valence-electron chi connectivity index (χ1n) is 6.63. The van der Waals surface area contributed by atoms with Gasteiger partial charge < -0.3 is 10.6 Å². The number of nitrogens with zero attached hydrogens (tertiary/aromatic N) is 1. The SMILES string of the molecule is CC1Cc2c(CN3CCNCC3)cccc2N1. The molecule has 1 saturated heterocycles. The summed E-state index contributed by atoms with van der Waals surface area (Å²) in [5.41, 5.74) is 4.41. The van der Waals surface area contributed by atoms with Crippen LogP contribution in [0.15, 0.2) is 18.2 Å². The third-order valence-electron chi connectivity index (χ3n) is 3.79. The lowest BCUT2D eigenvalue weighted by Crippen LogP contribution is -2.43. The van der Waals surface area contributed by atoms with E-state index < -0.39 is 0 Å². The average molecular weight is 231 g/mol. The Morgan fingerprint density at radius 1 is 1.29 bits per heavy atom. The molecular formula is C14H21N3. The molecule has 2 heterocycles. The molecule has 1 aromatic carbocycles. The van der Waals surface area contributed by atoms with Crippen molar-refractivity contribution in [1.29, 1.82) is 0 Å². The highest BCUT2D eigenvalue weighted by atomic mass is 15.2. The molecule has 1 atom stereocenters. The van der Waals surface area contributed by atoms with Crippen LogP contribution in [0, 0.1) is 0 Å². The van der Waals surface area contributed by atoms with Crippen LogP contribution in [0.2, 0.25) is 0 Å². The van der Waals surface area contributed by atoms with Crippen molar-refractivity contribution >= 4 is 5.69 Å². The van der Waals surface area contributed by atoms with Crippen molar-refractivity contribution in [1.82, 2.24) is 10.2 Å². The second-order valence-corrected chi connectivity index (χ2v) is 5.22. The molecule has 1 aromatic rings. The van der Waals surface area contributed by atoms with Gasteiger partial charge in [-0.25, -0.2) is 0 Å². The smallest absolute Gasteiger partial charge is 0.0378 e. The summed E-state index contributed by atoms with van der Waals surface area (Å²) in [5, 5.41) is 6.95. The van der Waals surface area contributed by atoms with Gasteiger partial charge >= 0.3 is 0 Å². The Balaban J connectivity index is 1.77. The summed E-state index contributed by atoms with van der Waals surface area (Å²) in [7, 11) is 0. The molecule has 3 heteroatoms. The zero-order valence-corrected chi connectivity index (χ0v) is 10.5. The van der Waals surface area contributed by atoms with E-state index in [-0.39, 0.29) is 0 Å². The van der Waals surface area contributed by atoms with E-state index in [2.05, 4.69) is 40.7 Å². The Morgan fingerprint density at radius 2 is 2.12 bits per heavy atom. The van der Waals surface area contributed by atoms with Gasteiger partial charge in [-0.05, 0) is 30.5 Å². The largest absolute Gasteiger partial charge is 0.382 e. The molecule has 92 valence electrons. The predicted octanol–water partition coefficient (Wildman–Crippen LogP) is 1.45. The minimum atomic E-state index is 0.592. The molecule has 0 bridgehead atoms. The van der Waals surface area contributed by atoms with Crippen LogP contribution in [0.3, 0.4) is 0 Å². The standard InChI is InChI=1S/C14H21N3/c1-11-9-13-12(3-2-4-14(13)16-11)10-17-7-5-15-6-8-17/h2-4,11,15-16H,5-10H2,1H3. The van der Waals surface area contributed by atoms with E-state index in [1.54, 1.807) is 5.56 Å². The molecule has 0 radical (unpaired) electrons. The van der Waals surface area contributed by atoms with Gasteiger partial charge in [-0.15, -0.1) is 0 Å². The zero-order chi connectivity index (χ0) is 11.7. The van der Waals surface area contributed by atoms with Gasteiger partial charge in [0.05, 0.1) is 0 Å². The summed E-state index contributed by atoms with van der Waals surface area (Å²) in [4.78, 5) is 2.55. The second kappa shape index (κ2) is 4.67. The monoisotopic (exact) mass is 231 g/mol. The lowest BCUT2D eigenvalue weighted by atomic mass is 10.0. The number of piperazine rings is 1. The molecular weight excluding hydrogens is 210 g/mol. The maximum Gasteiger partial charge on any atom is 0.0378 e. The van der Waals surface area contributed by atoms with Crippen LogP contribution < -0.4 is 10.6 Å². The van der Waals surface area contributed by atoms with Crippen LogP contribution in [0.5, 0.6) is 0 Å². The summed E-state index contributed by atoms with van der Waals surface area (Å²) >= 11 is 0. The van der Waals surface area contributed by atoms with Crippen molar-refractivity contribution in [3.63, 3.8) is 0 Å². The number of benzene rings is 1. The van der Waals surface area contributed by atoms with Crippen LogP contribution >= 0.6 is 0 Å². The lowest BCUT2D eigenvalue weighted by molar-refractivity contribution is 0.232. The van der Waals surface area contributed by atoms with Gasteiger partial charge in [0.2, 0.25) is 0 Å². The summed E-state index contributed by atoms with van der Waals surface area (Å²) in [6.07, 6.45) is 1.18. The van der Waals surface area contributed by atoms with Crippen LogP contribution in [0.25, 0.3) is 0 Å². The normalized spacial score (nSPS) is 24.4. The van der Waals surface area contributed by atoms with Gasteiger partial charge in [-0.2, -0.15) is 0 Å². The summed E-state index contributed by atoms with van der Waals surface area (Å²) in [6.45, 7) is 7.97. The van der Waals surface area contributed by atoms with E-state index >= 15 is 0 Å². The maximum absolute atomic E-state index is 3.54. The molecule has 0 aromatic heterocycles. The molecule has 2 aliphatic heterocycles. The fraction of sp³-hybridized carbons (Fsp3) is 0.571. The van der Waals surface area contributed by atoms with Gasteiger partial charge in [0.1, 0.15) is 0 Å². The Labute approximate surface area is 103 Å². The minimum Gasteiger partial charge on any atom is -0.382 e. The second-order valence-electron chi connectivity index (χ2n) is 5.22. The van der Waals surface area contributed by atoms with Crippen molar-refractivity contribution in [2.75, 3.05) is 31.5 Å². The van der Waals surface area contributed by atoms with Gasteiger partial charge in [0.15, 0.2) is 0 Å². The number of nitrogens with one attached hydrogen (secondary N) is 2. The van der Waals surface area contributed by atoms with Gasteiger partial charge in [-0.1, -0.05) is 12.1 Å². The molecule has 1 fully saturated rings. The summed E-state index contributed by atoms with van der Waals surface area (Å²) in [6, 6.07) is 7.27. The van der Waals surface area contributed by atoms with E-state index in [4.69, 9.17) is 0 Å². The first-order valence-corrected chi connectivity index (χ1v) is 6.63. The fourth-order valence-corrected chi connectivity index (χ4v) is 2.89. The number of hydrogen-bond donors (Lipinski definition) is 2. The molecule has 3 nitrogen and oxygen atoms in total. The van der Waals surface area contributed by atoms with Gasteiger partial charge in [-0.3, -0.25) is 4.90 Å². The third kappa shape index (κ3) is 2.31. The van der Waals surface area contributed by atoms with Gasteiger partial charge in [0, 0.05) is 44.5 Å². The number of hydrogen-bond acceptors (Lipinski definition) is 3. The first-order chi connectivity index (χ1) is 8.33. The van der Waals surface area contributed by atoms with Crippen molar-refractivity contribution in [3.8, 4) is 0 Å². The van der Waals surface area contributed by atoms with Crippen molar-refractivity contribution < 1.29 is 0 Å². The lowest BCUT2D eigenvalue weighted by Gasteiger charge is -2.27. The Hall–Kier alpha value is -1.06. The fourth-order valence-electron chi connectivity index (χ4n) is 2.89. The predicted molar refractivity (Wildman–Crippen MR) is 71.4 cm³/mol. The molecule has 17 heavy (non-hydrogen) atoms. The van der Waals surface area contributed by atoms with Crippen molar-refractivity contribution in [2.24, 2.45) is 0 Å². The topological polar surface area (TPSA) is 27.3 Å². The zero-order valence-electron chi connectivity index (χ0n) is 10.5. The highest BCUT2D eigenvalue weighted by molar-refractivity contribution is 5.59. The molecule has 2 N–H and O–H groups in total. The molecule has 1 unspecified atom stereocenters. The van der Waals surface area contributed by atoms with Crippen LogP contribution in [0.4, 0.5) is 5.69 Å². The van der Waals surface area contributed by atoms with E-state index in [1.807, 2.05) is 0 Å². The molecule has 0 saturated carbocycles. The third-order valence-corrected chi connectivity index (χ3v) is 3.79. The summed E-state index contributed by atoms with van der Waals surface area (Å²) < 4.78 is 0. The molecule has 0 spiro atoms. The van der Waals surface area contributed by atoms with Crippen LogP contribution in [-0.4, -0.2) is 37.1 Å². The van der Waals surface area contributed by atoms with Crippen LogP contribution in [-0.2, 0) is 13.0 Å². The van der Waals surface area contributed by atoms with Crippen molar-refractivity contribution in [3.05, 3.63) is 29.3 Å².